The molecule has 0 saturated carbocycles. The minimum atomic E-state index is -1.08. The van der Waals surface area contributed by atoms with E-state index in [1.807, 2.05) is 0 Å². The van der Waals surface area contributed by atoms with Gasteiger partial charge in [0.05, 0.1) is 18.9 Å². The van der Waals surface area contributed by atoms with E-state index in [-0.39, 0.29) is 6.61 Å². The summed E-state index contributed by atoms with van der Waals surface area (Å²) >= 11 is 0. The molecule has 72 valence electrons. The van der Waals surface area contributed by atoms with Crippen molar-refractivity contribution < 1.29 is 24.5 Å². The molecule has 5 heteroatoms. The first-order chi connectivity index (χ1) is 6.13. The molecule has 0 amide bonds. The molecule has 0 aliphatic rings. The second-order valence-electron chi connectivity index (χ2n) is 2.04. The van der Waals surface area contributed by atoms with Gasteiger partial charge in [0, 0.05) is 6.08 Å². The Morgan fingerprint density at radius 1 is 1.15 bits per heavy atom. The number of carboxylic acid groups (broad SMARTS) is 2. The van der Waals surface area contributed by atoms with Gasteiger partial charge in [0.1, 0.15) is 0 Å². The van der Waals surface area contributed by atoms with Crippen LogP contribution in [-0.4, -0.2) is 28.8 Å². The summed E-state index contributed by atoms with van der Waals surface area (Å²) in [4.78, 5) is 19.9. The fourth-order valence-corrected chi connectivity index (χ4v) is 0.495. The van der Waals surface area contributed by atoms with Gasteiger partial charge in [0.15, 0.2) is 0 Å². The van der Waals surface area contributed by atoms with E-state index in [1.54, 1.807) is 0 Å². The molecule has 0 aliphatic heterocycles. The molecule has 13 heavy (non-hydrogen) atoms. The molecule has 0 aromatic rings. The molecule has 0 spiro atoms. The molecular formula is C8H10O5. The molecule has 0 unspecified atom stereocenters. The monoisotopic (exact) mass is 186 g/mol. The summed E-state index contributed by atoms with van der Waals surface area (Å²) in [5, 5.41) is 16.3. The molecule has 0 saturated heterocycles. The fourth-order valence-electron chi connectivity index (χ4n) is 0.495. The summed E-state index contributed by atoms with van der Waals surface area (Å²) in [7, 11) is 0. The predicted molar refractivity (Wildman–Crippen MR) is 44.1 cm³/mol. The Labute approximate surface area is 74.9 Å². The topological polar surface area (TPSA) is 83.8 Å². The molecule has 0 bridgehead atoms. The number of rotatable bonds is 6. The highest BCUT2D eigenvalue weighted by atomic mass is 16.5. The maximum Gasteiger partial charge on any atom is 0.331 e. The molecule has 0 rings (SSSR count). The lowest BCUT2D eigenvalue weighted by Gasteiger charge is -1.94. The SMILES string of the molecule is O=C(O)C=CCCOC=CC(=O)O. The highest BCUT2D eigenvalue weighted by Gasteiger charge is 1.86. The van der Waals surface area contributed by atoms with Crippen molar-refractivity contribution >= 4 is 11.9 Å². The molecule has 5 nitrogen and oxygen atoms in total. The molecule has 0 aromatic carbocycles. The number of hydrogen-bond donors (Lipinski definition) is 2. The smallest absolute Gasteiger partial charge is 0.331 e. The minimum Gasteiger partial charge on any atom is -0.501 e. The van der Waals surface area contributed by atoms with E-state index < -0.39 is 11.9 Å². The van der Waals surface area contributed by atoms with Crippen molar-refractivity contribution in [2.45, 2.75) is 6.42 Å². The van der Waals surface area contributed by atoms with Crippen LogP contribution in [0.5, 0.6) is 0 Å². The Bertz CT molecular complexity index is 205. The first-order valence-electron chi connectivity index (χ1n) is 3.53. The van der Waals surface area contributed by atoms with Gasteiger partial charge in [-0.2, -0.15) is 0 Å². The highest BCUT2D eigenvalue weighted by Crippen LogP contribution is 1.86. The van der Waals surface area contributed by atoms with Gasteiger partial charge in [-0.1, -0.05) is 6.08 Å². The third-order valence-corrected chi connectivity index (χ3v) is 0.970. The van der Waals surface area contributed by atoms with Crippen LogP contribution in [0.3, 0.4) is 0 Å². The van der Waals surface area contributed by atoms with E-state index in [0.29, 0.717) is 6.42 Å². The Hall–Kier alpha value is -1.78. The Morgan fingerprint density at radius 3 is 2.31 bits per heavy atom. The van der Waals surface area contributed by atoms with E-state index in [2.05, 4.69) is 0 Å². The van der Waals surface area contributed by atoms with E-state index >= 15 is 0 Å². The third kappa shape index (κ3) is 10.2. The standard InChI is InChI=1S/C8H10O5/c9-7(10)3-1-2-5-13-6-4-8(11)12/h1,3-4,6H,2,5H2,(H,9,10)(H,11,12). The summed E-state index contributed by atoms with van der Waals surface area (Å²) in [5.41, 5.74) is 0. The first-order valence-corrected chi connectivity index (χ1v) is 3.53. The van der Waals surface area contributed by atoms with Gasteiger partial charge < -0.3 is 14.9 Å². The Kier molecular flexibility index (Phi) is 5.96. The van der Waals surface area contributed by atoms with Gasteiger partial charge in [-0.05, 0) is 6.42 Å². The maximum absolute atomic E-state index is 9.96. The molecule has 0 aliphatic carbocycles. The second kappa shape index (κ2) is 6.90. The van der Waals surface area contributed by atoms with Crippen LogP contribution in [0.4, 0.5) is 0 Å². The van der Waals surface area contributed by atoms with Crippen LogP contribution in [0.1, 0.15) is 6.42 Å². The average Bonchev–Trinajstić information content (AvgIpc) is 2.01. The van der Waals surface area contributed by atoms with Gasteiger partial charge >= 0.3 is 11.9 Å². The number of carboxylic acids is 2. The van der Waals surface area contributed by atoms with Crippen molar-refractivity contribution in [1.82, 2.24) is 0 Å². The normalized spacial score (nSPS) is 10.8. The largest absolute Gasteiger partial charge is 0.501 e. The van der Waals surface area contributed by atoms with Gasteiger partial charge in [0.2, 0.25) is 0 Å². The summed E-state index contributed by atoms with van der Waals surface area (Å²) in [6, 6.07) is 0. The molecular weight excluding hydrogens is 176 g/mol. The van der Waals surface area contributed by atoms with Crippen molar-refractivity contribution in [1.29, 1.82) is 0 Å². The maximum atomic E-state index is 9.96. The third-order valence-electron chi connectivity index (χ3n) is 0.970. The van der Waals surface area contributed by atoms with Gasteiger partial charge in [-0.25, -0.2) is 9.59 Å². The molecule has 0 radical (unpaired) electrons. The van der Waals surface area contributed by atoms with Crippen molar-refractivity contribution in [2.24, 2.45) is 0 Å². The van der Waals surface area contributed by atoms with Gasteiger partial charge in [-0.3, -0.25) is 0 Å². The summed E-state index contributed by atoms with van der Waals surface area (Å²) < 4.78 is 4.72. The summed E-state index contributed by atoms with van der Waals surface area (Å²) in [5.74, 6) is -2.10. The van der Waals surface area contributed by atoms with E-state index in [4.69, 9.17) is 14.9 Å². The van der Waals surface area contributed by atoms with Crippen LogP contribution in [0.25, 0.3) is 0 Å². The van der Waals surface area contributed by atoms with Crippen molar-refractivity contribution in [3.63, 3.8) is 0 Å². The molecule has 2 N–H and O–H groups in total. The van der Waals surface area contributed by atoms with Crippen molar-refractivity contribution in [2.75, 3.05) is 6.61 Å². The summed E-state index contributed by atoms with van der Waals surface area (Å²) in [6.45, 7) is 0.257. The Morgan fingerprint density at radius 2 is 1.77 bits per heavy atom. The minimum absolute atomic E-state index is 0.257. The van der Waals surface area contributed by atoms with Crippen LogP contribution in [0, 0.1) is 0 Å². The lowest BCUT2D eigenvalue weighted by Crippen LogP contribution is -1.90. The van der Waals surface area contributed by atoms with Crippen molar-refractivity contribution in [3.8, 4) is 0 Å². The quantitative estimate of drug-likeness (QED) is 0.361. The Balaban J connectivity index is 3.36. The van der Waals surface area contributed by atoms with Crippen molar-refractivity contribution in [3.05, 3.63) is 24.5 Å². The predicted octanol–water partition coefficient (Wildman–Crippen LogP) is 0.632. The molecule has 0 fully saturated rings. The lowest BCUT2D eigenvalue weighted by atomic mass is 10.4. The number of aliphatic carboxylic acids is 2. The molecule has 0 heterocycles. The van der Waals surface area contributed by atoms with Crippen LogP contribution in [-0.2, 0) is 14.3 Å². The zero-order valence-corrected chi connectivity index (χ0v) is 6.84. The second-order valence-corrected chi connectivity index (χ2v) is 2.04. The average molecular weight is 186 g/mol. The first kappa shape index (κ1) is 11.2. The van der Waals surface area contributed by atoms with Crippen LogP contribution >= 0.6 is 0 Å². The van der Waals surface area contributed by atoms with Crippen LogP contribution in [0.2, 0.25) is 0 Å². The van der Waals surface area contributed by atoms with E-state index in [1.165, 1.54) is 6.08 Å². The zero-order valence-electron chi connectivity index (χ0n) is 6.84. The van der Waals surface area contributed by atoms with Crippen LogP contribution < -0.4 is 0 Å². The van der Waals surface area contributed by atoms with Crippen LogP contribution in [0.15, 0.2) is 24.5 Å². The van der Waals surface area contributed by atoms with Gasteiger partial charge in [-0.15, -0.1) is 0 Å². The molecule has 0 aromatic heterocycles. The van der Waals surface area contributed by atoms with E-state index in [9.17, 15) is 9.59 Å². The van der Waals surface area contributed by atoms with E-state index in [0.717, 1.165) is 18.4 Å². The summed E-state index contributed by atoms with van der Waals surface area (Å²) in [6.07, 6.45) is 4.77. The number of carbonyl (C=O) groups is 2. The zero-order chi connectivity index (χ0) is 10.1. The number of hydrogen-bond acceptors (Lipinski definition) is 3. The lowest BCUT2D eigenvalue weighted by molar-refractivity contribution is -0.132. The molecule has 0 atom stereocenters. The highest BCUT2D eigenvalue weighted by molar-refractivity contribution is 5.79. The number of ether oxygens (including phenoxy) is 1. The fraction of sp³-hybridized carbons (Fsp3) is 0.250. The van der Waals surface area contributed by atoms with Gasteiger partial charge in [0.25, 0.3) is 0 Å².